The van der Waals surface area contributed by atoms with Crippen molar-refractivity contribution < 1.29 is 8.42 Å². The van der Waals surface area contributed by atoms with Crippen LogP contribution in [0.25, 0.3) is 0 Å². The predicted octanol–water partition coefficient (Wildman–Crippen LogP) is 2.58. The molecule has 108 valence electrons. The number of nitriles is 1. The number of primary sulfonamides is 1. The van der Waals surface area contributed by atoms with Gasteiger partial charge in [-0.3, -0.25) is 0 Å². The van der Waals surface area contributed by atoms with E-state index in [1.165, 1.54) is 12.1 Å². The average molecular weight is 366 g/mol. The van der Waals surface area contributed by atoms with Gasteiger partial charge in [0.2, 0.25) is 10.0 Å². The SMILES string of the molecule is N#Cc1cc(Br)cc(NCc2ccc(S(N)(=O)=O)cc2)c1. The van der Waals surface area contributed by atoms with Gasteiger partial charge >= 0.3 is 0 Å². The molecule has 5 nitrogen and oxygen atoms in total. The van der Waals surface area contributed by atoms with Crippen molar-refractivity contribution in [2.75, 3.05) is 5.32 Å². The van der Waals surface area contributed by atoms with Crippen LogP contribution >= 0.6 is 15.9 Å². The highest BCUT2D eigenvalue weighted by molar-refractivity contribution is 9.10. The highest BCUT2D eigenvalue weighted by Gasteiger charge is 2.06. The van der Waals surface area contributed by atoms with Crippen molar-refractivity contribution in [1.82, 2.24) is 0 Å². The van der Waals surface area contributed by atoms with Gasteiger partial charge in [-0.05, 0) is 35.9 Å². The van der Waals surface area contributed by atoms with E-state index < -0.39 is 10.0 Å². The Morgan fingerprint density at radius 1 is 1.19 bits per heavy atom. The number of nitrogens with zero attached hydrogens (tertiary/aromatic N) is 1. The van der Waals surface area contributed by atoms with Crippen LogP contribution in [0.3, 0.4) is 0 Å². The van der Waals surface area contributed by atoms with Crippen LogP contribution in [0.2, 0.25) is 0 Å². The van der Waals surface area contributed by atoms with Gasteiger partial charge in [-0.15, -0.1) is 0 Å². The van der Waals surface area contributed by atoms with Crippen LogP contribution in [0.1, 0.15) is 11.1 Å². The highest BCUT2D eigenvalue weighted by atomic mass is 79.9. The topological polar surface area (TPSA) is 96.0 Å². The number of benzene rings is 2. The lowest BCUT2D eigenvalue weighted by atomic mass is 10.2. The minimum atomic E-state index is -3.66. The predicted molar refractivity (Wildman–Crippen MR) is 84.0 cm³/mol. The summed E-state index contributed by atoms with van der Waals surface area (Å²) in [6.45, 7) is 0.506. The molecule has 0 fully saturated rings. The van der Waals surface area contributed by atoms with Crippen molar-refractivity contribution >= 4 is 31.6 Å². The summed E-state index contributed by atoms with van der Waals surface area (Å²) in [5, 5.41) is 17.1. The lowest BCUT2D eigenvalue weighted by molar-refractivity contribution is 0.598. The largest absolute Gasteiger partial charge is 0.381 e. The van der Waals surface area contributed by atoms with Crippen LogP contribution in [0, 0.1) is 11.3 Å². The van der Waals surface area contributed by atoms with Crippen molar-refractivity contribution in [3.63, 3.8) is 0 Å². The molecule has 2 rings (SSSR count). The standard InChI is InChI=1S/C14H12BrN3O2S/c15-12-5-11(8-16)6-13(7-12)18-9-10-1-3-14(4-2-10)21(17,19)20/h1-7,18H,9H2,(H2,17,19,20). The average Bonchev–Trinajstić information content (AvgIpc) is 2.44. The van der Waals surface area contributed by atoms with E-state index in [1.807, 2.05) is 6.07 Å². The van der Waals surface area contributed by atoms with Crippen molar-refractivity contribution in [2.24, 2.45) is 5.14 Å². The molecular weight excluding hydrogens is 354 g/mol. The van der Waals surface area contributed by atoms with Crippen LogP contribution in [-0.4, -0.2) is 8.42 Å². The first-order valence-electron chi connectivity index (χ1n) is 5.95. The van der Waals surface area contributed by atoms with E-state index in [1.54, 1.807) is 24.3 Å². The Kier molecular flexibility index (Phi) is 4.63. The summed E-state index contributed by atoms with van der Waals surface area (Å²) in [6.07, 6.45) is 0. The maximum absolute atomic E-state index is 11.2. The summed E-state index contributed by atoms with van der Waals surface area (Å²) in [4.78, 5) is 0.0838. The molecule has 21 heavy (non-hydrogen) atoms. The fraction of sp³-hybridized carbons (Fsp3) is 0.0714. The van der Waals surface area contributed by atoms with E-state index >= 15 is 0 Å². The van der Waals surface area contributed by atoms with Crippen LogP contribution in [0.15, 0.2) is 51.8 Å². The molecule has 7 heteroatoms. The minimum absolute atomic E-state index is 0.0838. The number of nitrogens with one attached hydrogen (secondary N) is 1. The van der Waals surface area contributed by atoms with E-state index in [4.69, 9.17) is 10.4 Å². The first-order valence-corrected chi connectivity index (χ1v) is 8.29. The van der Waals surface area contributed by atoms with Gasteiger partial charge in [-0.2, -0.15) is 5.26 Å². The highest BCUT2D eigenvalue weighted by Crippen LogP contribution is 2.20. The molecule has 0 aliphatic carbocycles. The zero-order valence-electron chi connectivity index (χ0n) is 10.9. The smallest absolute Gasteiger partial charge is 0.238 e. The van der Waals surface area contributed by atoms with Gasteiger partial charge in [0.15, 0.2) is 0 Å². The number of hydrogen-bond acceptors (Lipinski definition) is 4. The van der Waals surface area contributed by atoms with Crippen LogP contribution in [0.5, 0.6) is 0 Å². The Bertz CT molecular complexity index is 796. The van der Waals surface area contributed by atoms with Gasteiger partial charge in [0.05, 0.1) is 16.5 Å². The van der Waals surface area contributed by atoms with Crippen molar-refractivity contribution in [2.45, 2.75) is 11.4 Å². The van der Waals surface area contributed by atoms with Crippen molar-refractivity contribution in [1.29, 1.82) is 5.26 Å². The summed E-state index contributed by atoms with van der Waals surface area (Å²) in [7, 11) is -3.66. The van der Waals surface area contributed by atoms with E-state index in [2.05, 4.69) is 27.3 Å². The van der Waals surface area contributed by atoms with Crippen LogP contribution in [-0.2, 0) is 16.6 Å². The van der Waals surface area contributed by atoms with Crippen LogP contribution in [0.4, 0.5) is 5.69 Å². The Labute approximate surface area is 131 Å². The molecule has 0 saturated heterocycles. The molecule has 0 atom stereocenters. The lowest BCUT2D eigenvalue weighted by Gasteiger charge is -2.08. The van der Waals surface area contributed by atoms with E-state index in [-0.39, 0.29) is 4.90 Å². The zero-order chi connectivity index (χ0) is 15.5. The Morgan fingerprint density at radius 2 is 1.86 bits per heavy atom. The summed E-state index contributed by atoms with van der Waals surface area (Å²) < 4.78 is 23.1. The van der Waals surface area contributed by atoms with Gasteiger partial charge in [0.25, 0.3) is 0 Å². The number of nitrogens with two attached hydrogens (primary N) is 1. The molecule has 3 N–H and O–H groups in total. The van der Waals surface area contributed by atoms with Gasteiger partial charge in [0, 0.05) is 16.7 Å². The summed E-state index contributed by atoms with van der Waals surface area (Å²) in [5.41, 5.74) is 2.26. The van der Waals surface area contributed by atoms with Gasteiger partial charge in [-0.1, -0.05) is 28.1 Å². The quantitative estimate of drug-likeness (QED) is 0.869. The van der Waals surface area contributed by atoms with Crippen LogP contribution < -0.4 is 10.5 Å². The molecule has 0 unspecified atom stereocenters. The molecule has 0 saturated carbocycles. The van der Waals surface area contributed by atoms with Gasteiger partial charge < -0.3 is 5.32 Å². The monoisotopic (exact) mass is 365 g/mol. The number of hydrogen-bond donors (Lipinski definition) is 2. The zero-order valence-corrected chi connectivity index (χ0v) is 13.3. The Morgan fingerprint density at radius 3 is 2.43 bits per heavy atom. The van der Waals surface area contributed by atoms with Crippen molar-refractivity contribution in [3.8, 4) is 6.07 Å². The lowest BCUT2D eigenvalue weighted by Crippen LogP contribution is -2.12. The summed E-state index contributed by atoms with van der Waals surface area (Å²) in [5.74, 6) is 0. The molecular formula is C14H12BrN3O2S. The van der Waals surface area contributed by atoms with Gasteiger partial charge in [0.1, 0.15) is 0 Å². The molecule has 2 aromatic carbocycles. The normalized spacial score (nSPS) is 10.9. The molecule has 0 aliphatic heterocycles. The van der Waals surface area contributed by atoms with Gasteiger partial charge in [-0.25, -0.2) is 13.6 Å². The Balaban J connectivity index is 2.10. The maximum Gasteiger partial charge on any atom is 0.238 e. The molecule has 0 aliphatic rings. The Hall–Kier alpha value is -1.88. The third-order valence-corrected chi connectivity index (χ3v) is 4.16. The minimum Gasteiger partial charge on any atom is -0.381 e. The summed E-state index contributed by atoms with van der Waals surface area (Å²) in [6, 6.07) is 13.7. The number of rotatable bonds is 4. The molecule has 2 aromatic rings. The maximum atomic E-state index is 11.2. The number of anilines is 1. The van der Waals surface area contributed by atoms with E-state index in [9.17, 15) is 8.42 Å². The third-order valence-electron chi connectivity index (χ3n) is 2.78. The van der Waals surface area contributed by atoms with E-state index in [0.29, 0.717) is 12.1 Å². The fourth-order valence-corrected chi connectivity index (χ4v) is 2.77. The summed E-state index contributed by atoms with van der Waals surface area (Å²) >= 11 is 3.34. The number of halogens is 1. The van der Waals surface area contributed by atoms with Crippen molar-refractivity contribution in [3.05, 3.63) is 58.1 Å². The molecule has 0 bridgehead atoms. The number of sulfonamides is 1. The fourth-order valence-electron chi connectivity index (χ4n) is 1.76. The molecule has 0 aromatic heterocycles. The first kappa shape index (κ1) is 15.5. The molecule has 0 heterocycles. The molecule has 0 radical (unpaired) electrons. The second-order valence-corrected chi connectivity index (χ2v) is 6.86. The van der Waals surface area contributed by atoms with E-state index in [0.717, 1.165) is 15.7 Å². The first-order chi connectivity index (χ1) is 9.88. The second-order valence-electron chi connectivity index (χ2n) is 4.38. The molecule has 0 spiro atoms. The molecule has 0 amide bonds. The third kappa shape index (κ3) is 4.29. The second kappa shape index (κ2) is 6.26.